The molecule has 0 bridgehead atoms. The molecule has 0 radical (unpaired) electrons. The van der Waals surface area contributed by atoms with Gasteiger partial charge in [0.15, 0.2) is 0 Å². The first kappa shape index (κ1) is 12.5. The van der Waals surface area contributed by atoms with Crippen molar-refractivity contribution in [3.63, 3.8) is 0 Å². The zero-order chi connectivity index (χ0) is 13.9. The third-order valence-corrected chi connectivity index (χ3v) is 3.14. The van der Waals surface area contributed by atoms with Crippen molar-refractivity contribution >= 4 is 16.6 Å². The zero-order valence-electron chi connectivity index (χ0n) is 10.6. The van der Waals surface area contributed by atoms with E-state index in [1.807, 2.05) is 30.3 Å². The Morgan fingerprint density at radius 1 is 1.00 bits per heavy atom. The van der Waals surface area contributed by atoms with Gasteiger partial charge in [-0.15, -0.1) is 0 Å². The summed E-state index contributed by atoms with van der Waals surface area (Å²) in [4.78, 5) is 4.26. The lowest BCUT2D eigenvalue weighted by molar-refractivity contribution is 0.574. The van der Waals surface area contributed by atoms with Crippen LogP contribution in [0.25, 0.3) is 10.8 Å². The number of hydrogen-bond donors (Lipinski definition) is 1. The molecule has 0 aliphatic heterocycles. The van der Waals surface area contributed by atoms with Crippen molar-refractivity contribution in [2.45, 2.75) is 6.54 Å². The van der Waals surface area contributed by atoms with E-state index in [0.717, 1.165) is 16.8 Å². The maximum atomic E-state index is 13.6. The van der Waals surface area contributed by atoms with E-state index in [9.17, 15) is 8.78 Å². The van der Waals surface area contributed by atoms with Crippen LogP contribution in [0.15, 0.2) is 54.7 Å². The summed E-state index contributed by atoms with van der Waals surface area (Å²) in [5.74, 6) is -0.445. The van der Waals surface area contributed by atoms with Crippen molar-refractivity contribution in [2.24, 2.45) is 0 Å². The fourth-order valence-electron chi connectivity index (χ4n) is 2.10. The second kappa shape index (κ2) is 5.25. The van der Waals surface area contributed by atoms with Crippen LogP contribution in [0.5, 0.6) is 0 Å². The molecule has 2 aromatic carbocycles. The third kappa shape index (κ3) is 2.45. The Labute approximate surface area is 115 Å². The molecule has 4 heteroatoms. The molecule has 0 fully saturated rings. The number of fused-ring (bicyclic) bond motifs is 1. The summed E-state index contributed by atoms with van der Waals surface area (Å²) in [6.45, 7) is 0.257. The van der Waals surface area contributed by atoms with Crippen LogP contribution in [-0.2, 0) is 6.54 Å². The van der Waals surface area contributed by atoms with Gasteiger partial charge in [0.1, 0.15) is 17.5 Å². The minimum atomic E-state index is -0.575. The van der Waals surface area contributed by atoms with E-state index in [2.05, 4.69) is 10.3 Å². The monoisotopic (exact) mass is 270 g/mol. The van der Waals surface area contributed by atoms with Gasteiger partial charge in [0, 0.05) is 29.8 Å². The molecule has 1 N–H and O–H groups in total. The summed E-state index contributed by atoms with van der Waals surface area (Å²) in [6, 6.07) is 13.3. The van der Waals surface area contributed by atoms with Gasteiger partial charge in [0.25, 0.3) is 0 Å². The lowest BCUT2D eigenvalue weighted by Crippen LogP contribution is -2.04. The number of rotatable bonds is 3. The van der Waals surface area contributed by atoms with Crippen LogP contribution in [0, 0.1) is 11.6 Å². The van der Waals surface area contributed by atoms with Crippen LogP contribution < -0.4 is 5.32 Å². The summed E-state index contributed by atoms with van der Waals surface area (Å²) in [5.41, 5.74) is 0.404. The van der Waals surface area contributed by atoms with Crippen molar-refractivity contribution in [2.75, 3.05) is 5.32 Å². The summed E-state index contributed by atoms with van der Waals surface area (Å²) < 4.78 is 26.4. The van der Waals surface area contributed by atoms with Crippen molar-refractivity contribution in [3.8, 4) is 0 Å². The number of nitrogens with one attached hydrogen (secondary N) is 1. The molecule has 1 aromatic heterocycles. The summed E-state index contributed by atoms with van der Waals surface area (Å²) in [7, 11) is 0. The van der Waals surface area contributed by atoms with Crippen molar-refractivity contribution in [1.82, 2.24) is 4.98 Å². The zero-order valence-corrected chi connectivity index (χ0v) is 10.6. The number of halogens is 2. The predicted octanol–water partition coefficient (Wildman–Crippen LogP) is 4.13. The number of anilines is 1. The number of benzene rings is 2. The Balaban J connectivity index is 1.87. The highest BCUT2D eigenvalue weighted by atomic mass is 19.1. The fourth-order valence-corrected chi connectivity index (χ4v) is 2.10. The van der Waals surface area contributed by atoms with Gasteiger partial charge in [-0.2, -0.15) is 0 Å². The summed E-state index contributed by atoms with van der Waals surface area (Å²) >= 11 is 0. The van der Waals surface area contributed by atoms with Gasteiger partial charge in [-0.25, -0.2) is 13.8 Å². The van der Waals surface area contributed by atoms with E-state index < -0.39 is 11.6 Å². The van der Waals surface area contributed by atoms with E-state index in [-0.39, 0.29) is 6.54 Å². The molecule has 0 unspecified atom stereocenters. The maximum absolute atomic E-state index is 13.6. The van der Waals surface area contributed by atoms with E-state index in [1.54, 1.807) is 6.20 Å². The van der Waals surface area contributed by atoms with Crippen molar-refractivity contribution in [1.29, 1.82) is 0 Å². The van der Waals surface area contributed by atoms with Crippen LogP contribution in [0.2, 0.25) is 0 Å². The molecular weight excluding hydrogens is 258 g/mol. The van der Waals surface area contributed by atoms with Crippen LogP contribution in [-0.4, -0.2) is 4.98 Å². The topological polar surface area (TPSA) is 24.9 Å². The minimum absolute atomic E-state index is 0.257. The lowest BCUT2D eigenvalue weighted by Gasteiger charge is -2.09. The van der Waals surface area contributed by atoms with Gasteiger partial charge in [0.2, 0.25) is 0 Å². The number of nitrogens with zero attached hydrogens (tertiary/aromatic N) is 1. The van der Waals surface area contributed by atoms with Crippen LogP contribution in [0.4, 0.5) is 14.6 Å². The molecule has 0 spiro atoms. The maximum Gasteiger partial charge on any atom is 0.134 e. The molecule has 0 amide bonds. The molecule has 0 atom stereocenters. The van der Waals surface area contributed by atoms with Gasteiger partial charge >= 0.3 is 0 Å². The smallest absolute Gasteiger partial charge is 0.134 e. The fraction of sp³-hybridized carbons (Fsp3) is 0.0625. The average molecular weight is 270 g/mol. The molecule has 1 heterocycles. The Bertz CT molecular complexity index is 751. The molecular formula is C16H12F2N2. The molecule has 0 aliphatic rings. The molecule has 2 nitrogen and oxygen atoms in total. The average Bonchev–Trinajstić information content (AvgIpc) is 2.46. The van der Waals surface area contributed by atoms with E-state index in [1.165, 1.54) is 12.1 Å². The first-order valence-corrected chi connectivity index (χ1v) is 6.25. The summed E-state index contributed by atoms with van der Waals surface area (Å²) in [6.07, 6.45) is 1.70. The van der Waals surface area contributed by atoms with Crippen LogP contribution in [0.3, 0.4) is 0 Å². The molecule has 20 heavy (non-hydrogen) atoms. The van der Waals surface area contributed by atoms with E-state index >= 15 is 0 Å². The predicted molar refractivity (Wildman–Crippen MR) is 75.4 cm³/mol. The van der Waals surface area contributed by atoms with Gasteiger partial charge in [-0.1, -0.05) is 30.3 Å². The Morgan fingerprint density at radius 3 is 2.70 bits per heavy atom. The second-order valence-electron chi connectivity index (χ2n) is 4.47. The first-order chi connectivity index (χ1) is 9.74. The minimum Gasteiger partial charge on any atom is -0.365 e. The molecule has 0 saturated heterocycles. The van der Waals surface area contributed by atoms with Crippen molar-refractivity contribution < 1.29 is 8.78 Å². The molecule has 100 valence electrons. The quantitative estimate of drug-likeness (QED) is 0.774. The largest absolute Gasteiger partial charge is 0.365 e. The Morgan fingerprint density at radius 2 is 1.85 bits per heavy atom. The van der Waals surface area contributed by atoms with Crippen molar-refractivity contribution in [3.05, 3.63) is 71.9 Å². The molecule has 0 saturated carbocycles. The molecule has 0 aliphatic carbocycles. The van der Waals surface area contributed by atoms with E-state index in [4.69, 9.17) is 0 Å². The highest BCUT2D eigenvalue weighted by Crippen LogP contribution is 2.21. The summed E-state index contributed by atoms with van der Waals surface area (Å²) in [5, 5.41) is 5.12. The molecule has 3 rings (SSSR count). The van der Waals surface area contributed by atoms with E-state index in [0.29, 0.717) is 11.4 Å². The third-order valence-electron chi connectivity index (χ3n) is 3.14. The molecule has 3 aromatic rings. The van der Waals surface area contributed by atoms with Crippen LogP contribution in [0.1, 0.15) is 5.56 Å². The number of aromatic nitrogens is 1. The van der Waals surface area contributed by atoms with Gasteiger partial charge in [-0.3, -0.25) is 0 Å². The number of pyridine rings is 1. The Kier molecular flexibility index (Phi) is 3.29. The van der Waals surface area contributed by atoms with Gasteiger partial charge in [-0.05, 0) is 17.5 Å². The standard InChI is InChI=1S/C16H12F2N2/c17-13-6-5-12(15(18)9-13)10-20-16-14-4-2-1-3-11(14)7-8-19-16/h1-9H,10H2,(H,19,20). The number of hydrogen-bond acceptors (Lipinski definition) is 2. The SMILES string of the molecule is Fc1ccc(CNc2nccc3ccccc23)c(F)c1. The normalized spacial score (nSPS) is 10.7. The highest BCUT2D eigenvalue weighted by molar-refractivity contribution is 5.91. The van der Waals surface area contributed by atoms with Gasteiger partial charge < -0.3 is 5.32 Å². The van der Waals surface area contributed by atoms with Crippen LogP contribution >= 0.6 is 0 Å². The second-order valence-corrected chi connectivity index (χ2v) is 4.47. The lowest BCUT2D eigenvalue weighted by atomic mass is 10.1. The highest BCUT2D eigenvalue weighted by Gasteiger charge is 2.05. The van der Waals surface area contributed by atoms with Gasteiger partial charge in [0.05, 0.1) is 0 Å². The Hall–Kier alpha value is -2.49. The first-order valence-electron chi connectivity index (χ1n) is 6.25.